The Balaban J connectivity index is 3.36. The number of esters is 1. The molecule has 0 rings (SSSR count). The van der Waals surface area contributed by atoms with Gasteiger partial charge in [-0.2, -0.15) is 0 Å². The second-order valence-electron chi connectivity index (χ2n) is 3.21. The van der Waals surface area contributed by atoms with Crippen LogP contribution in [0.2, 0.25) is 0 Å². The molecule has 78 valence electrons. The Bertz CT molecular complexity index is 145. The smallest absolute Gasteiger partial charge is 0.305 e. The van der Waals surface area contributed by atoms with Crippen molar-refractivity contribution in [3.8, 4) is 0 Å². The van der Waals surface area contributed by atoms with Gasteiger partial charge in [0.2, 0.25) is 0 Å². The molecule has 0 saturated heterocycles. The summed E-state index contributed by atoms with van der Waals surface area (Å²) < 4.78 is 4.44. The monoisotopic (exact) mass is 190 g/mol. The zero-order valence-corrected chi connectivity index (χ0v) is 8.19. The van der Waals surface area contributed by atoms with Gasteiger partial charge in [0.05, 0.1) is 19.3 Å². The van der Waals surface area contributed by atoms with Gasteiger partial charge in [-0.1, -0.05) is 0 Å². The largest absolute Gasteiger partial charge is 0.469 e. The molecule has 0 aliphatic heterocycles. The summed E-state index contributed by atoms with van der Waals surface area (Å²) in [6.07, 6.45) is 0.799. The predicted molar refractivity (Wildman–Crippen MR) is 48.2 cm³/mol. The summed E-state index contributed by atoms with van der Waals surface area (Å²) in [4.78, 5) is 10.7. The standard InChI is InChI=1S/C9H18O4/c1-7(10)6-8(11)4-3-5-9(12)13-2/h7-8,10-11H,3-6H2,1-2H3/t7-,8+/m0/s1. The van der Waals surface area contributed by atoms with E-state index in [-0.39, 0.29) is 5.97 Å². The highest BCUT2D eigenvalue weighted by atomic mass is 16.5. The zero-order valence-electron chi connectivity index (χ0n) is 8.19. The van der Waals surface area contributed by atoms with Crippen molar-refractivity contribution in [3.63, 3.8) is 0 Å². The average Bonchev–Trinajstić information content (AvgIpc) is 2.02. The van der Waals surface area contributed by atoms with E-state index in [2.05, 4.69) is 4.74 Å². The van der Waals surface area contributed by atoms with Gasteiger partial charge in [0.15, 0.2) is 0 Å². The molecule has 0 aliphatic carbocycles. The Labute approximate surface area is 78.5 Å². The molecule has 0 bridgehead atoms. The minimum Gasteiger partial charge on any atom is -0.469 e. The molecule has 0 heterocycles. The maximum Gasteiger partial charge on any atom is 0.305 e. The molecule has 4 nitrogen and oxygen atoms in total. The van der Waals surface area contributed by atoms with Gasteiger partial charge in [0.25, 0.3) is 0 Å². The number of hydrogen-bond donors (Lipinski definition) is 2. The lowest BCUT2D eigenvalue weighted by Gasteiger charge is -2.11. The summed E-state index contributed by atoms with van der Waals surface area (Å²) in [5, 5.41) is 18.2. The highest BCUT2D eigenvalue weighted by Gasteiger charge is 2.08. The number of rotatable bonds is 6. The first-order chi connectivity index (χ1) is 6.06. The van der Waals surface area contributed by atoms with E-state index < -0.39 is 12.2 Å². The van der Waals surface area contributed by atoms with Crippen LogP contribution in [0.25, 0.3) is 0 Å². The summed E-state index contributed by atoms with van der Waals surface area (Å²) in [6.45, 7) is 1.63. The van der Waals surface area contributed by atoms with Crippen molar-refractivity contribution in [1.82, 2.24) is 0 Å². The summed E-state index contributed by atoms with van der Waals surface area (Å²) in [6, 6.07) is 0. The van der Waals surface area contributed by atoms with E-state index >= 15 is 0 Å². The summed E-state index contributed by atoms with van der Waals surface area (Å²) in [5.41, 5.74) is 0. The minimum atomic E-state index is -0.523. The number of aliphatic hydroxyl groups excluding tert-OH is 2. The van der Waals surface area contributed by atoms with Crippen LogP contribution >= 0.6 is 0 Å². The van der Waals surface area contributed by atoms with Gasteiger partial charge in [-0.05, 0) is 26.2 Å². The molecule has 0 aromatic heterocycles. The Kier molecular flexibility index (Phi) is 6.54. The number of ether oxygens (including phenoxy) is 1. The van der Waals surface area contributed by atoms with Crippen LogP contribution in [0.1, 0.15) is 32.6 Å². The van der Waals surface area contributed by atoms with Crippen molar-refractivity contribution in [1.29, 1.82) is 0 Å². The number of carbonyl (C=O) groups excluding carboxylic acids is 1. The van der Waals surface area contributed by atoms with Crippen LogP contribution in [0.15, 0.2) is 0 Å². The lowest BCUT2D eigenvalue weighted by Crippen LogP contribution is -2.15. The van der Waals surface area contributed by atoms with Gasteiger partial charge in [-0.25, -0.2) is 0 Å². The third-order valence-electron chi connectivity index (χ3n) is 1.76. The summed E-state index contributed by atoms with van der Waals surface area (Å²) >= 11 is 0. The Morgan fingerprint density at radius 1 is 1.46 bits per heavy atom. The summed E-state index contributed by atoms with van der Waals surface area (Å²) in [7, 11) is 1.34. The molecule has 4 heteroatoms. The molecular formula is C9H18O4. The first kappa shape index (κ1) is 12.4. The van der Waals surface area contributed by atoms with Crippen molar-refractivity contribution < 1.29 is 19.7 Å². The van der Waals surface area contributed by atoms with E-state index in [0.717, 1.165) is 0 Å². The number of hydrogen-bond acceptors (Lipinski definition) is 4. The van der Waals surface area contributed by atoms with Crippen molar-refractivity contribution in [3.05, 3.63) is 0 Å². The Hall–Kier alpha value is -0.610. The minimum absolute atomic E-state index is 0.260. The van der Waals surface area contributed by atoms with E-state index in [1.54, 1.807) is 6.92 Å². The van der Waals surface area contributed by atoms with Crippen molar-refractivity contribution in [2.45, 2.75) is 44.8 Å². The normalized spacial score (nSPS) is 15.1. The molecular weight excluding hydrogens is 172 g/mol. The zero-order chi connectivity index (χ0) is 10.3. The van der Waals surface area contributed by atoms with Crippen molar-refractivity contribution in [2.75, 3.05) is 7.11 Å². The maximum atomic E-state index is 10.7. The molecule has 0 aliphatic rings. The molecule has 13 heavy (non-hydrogen) atoms. The molecule has 0 fully saturated rings. The van der Waals surface area contributed by atoms with Crippen LogP contribution in [0.3, 0.4) is 0 Å². The molecule has 2 N–H and O–H groups in total. The quantitative estimate of drug-likeness (QED) is 0.597. The van der Waals surface area contributed by atoms with Crippen LogP contribution in [0.4, 0.5) is 0 Å². The molecule has 0 spiro atoms. The number of methoxy groups -OCH3 is 1. The molecule has 0 aromatic rings. The van der Waals surface area contributed by atoms with Crippen LogP contribution in [0.5, 0.6) is 0 Å². The average molecular weight is 190 g/mol. The first-order valence-corrected chi connectivity index (χ1v) is 4.49. The molecule has 0 aromatic carbocycles. The van der Waals surface area contributed by atoms with Gasteiger partial charge in [-0.3, -0.25) is 4.79 Å². The molecule has 2 atom stereocenters. The highest BCUT2D eigenvalue weighted by Crippen LogP contribution is 2.07. The van der Waals surface area contributed by atoms with Gasteiger partial charge < -0.3 is 14.9 Å². The van der Waals surface area contributed by atoms with Crippen molar-refractivity contribution in [2.24, 2.45) is 0 Å². The van der Waals surface area contributed by atoms with Gasteiger partial charge in [0, 0.05) is 6.42 Å². The number of aliphatic hydroxyl groups is 2. The van der Waals surface area contributed by atoms with Crippen LogP contribution in [0, 0.1) is 0 Å². The second kappa shape index (κ2) is 6.86. The Morgan fingerprint density at radius 3 is 2.54 bits per heavy atom. The van der Waals surface area contributed by atoms with Gasteiger partial charge in [-0.15, -0.1) is 0 Å². The summed E-state index contributed by atoms with van der Waals surface area (Å²) in [5.74, 6) is -0.260. The highest BCUT2D eigenvalue weighted by molar-refractivity contribution is 5.68. The van der Waals surface area contributed by atoms with E-state index in [1.807, 2.05) is 0 Å². The van der Waals surface area contributed by atoms with Crippen LogP contribution in [-0.4, -0.2) is 35.5 Å². The molecule has 0 radical (unpaired) electrons. The van der Waals surface area contributed by atoms with Crippen molar-refractivity contribution >= 4 is 5.97 Å². The fourth-order valence-corrected chi connectivity index (χ4v) is 1.10. The third kappa shape index (κ3) is 7.74. The fourth-order valence-electron chi connectivity index (χ4n) is 1.10. The molecule has 0 saturated carbocycles. The van der Waals surface area contributed by atoms with Gasteiger partial charge in [0.1, 0.15) is 0 Å². The lowest BCUT2D eigenvalue weighted by atomic mass is 10.1. The topological polar surface area (TPSA) is 66.8 Å². The maximum absolute atomic E-state index is 10.7. The second-order valence-corrected chi connectivity index (χ2v) is 3.21. The third-order valence-corrected chi connectivity index (χ3v) is 1.76. The van der Waals surface area contributed by atoms with E-state index in [1.165, 1.54) is 7.11 Å². The lowest BCUT2D eigenvalue weighted by molar-refractivity contribution is -0.140. The van der Waals surface area contributed by atoms with Gasteiger partial charge >= 0.3 is 5.97 Å². The SMILES string of the molecule is COC(=O)CCC[C@@H](O)C[C@H](C)O. The van der Waals surface area contributed by atoms with Crippen LogP contribution < -0.4 is 0 Å². The Morgan fingerprint density at radius 2 is 2.08 bits per heavy atom. The van der Waals surface area contributed by atoms with E-state index in [9.17, 15) is 9.90 Å². The molecule has 0 unspecified atom stereocenters. The first-order valence-electron chi connectivity index (χ1n) is 4.49. The number of carbonyl (C=O) groups is 1. The van der Waals surface area contributed by atoms with Crippen LogP contribution in [-0.2, 0) is 9.53 Å². The molecule has 0 amide bonds. The van der Waals surface area contributed by atoms with E-state index in [0.29, 0.717) is 25.7 Å². The van der Waals surface area contributed by atoms with E-state index in [4.69, 9.17) is 5.11 Å². The fraction of sp³-hybridized carbons (Fsp3) is 0.889. The predicted octanol–water partition coefficient (Wildman–Crippen LogP) is 0.461.